The molecule has 0 saturated carbocycles. The highest BCUT2D eigenvalue weighted by Gasteiger charge is 2.39. The number of carbonyl (C=O) groups excluding carboxylic acids is 1. The molecule has 1 aromatic carbocycles. The minimum absolute atomic E-state index is 0.0412. The number of ether oxygens (including phenoxy) is 1. The summed E-state index contributed by atoms with van der Waals surface area (Å²) in [6.45, 7) is 2.84. The second-order valence-electron chi connectivity index (χ2n) is 6.24. The quantitative estimate of drug-likeness (QED) is 0.777. The number of aliphatic imine (C=N–C) groups is 1. The number of carbonyl (C=O) groups is 1. The molecule has 1 aromatic heterocycles. The number of rotatable bonds is 5. The molecule has 2 aromatic rings. The molecule has 1 amide bonds. The standard InChI is InChI=1S/C18H20Cl2N4O2/c1-11-16(18(25)23(2)8-9-26-3)17(24-15(22-11)6-7-21-24)12-4-5-13(19)14(20)10-12/h4-7,10,16-17H,8-9H2,1-3H3. The summed E-state index contributed by atoms with van der Waals surface area (Å²) in [7, 11) is 3.37. The topological polar surface area (TPSA) is 59.7 Å². The van der Waals surface area contributed by atoms with Crippen molar-refractivity contribution in [3.63, 3.8) is 0 Å². The van der Waals surface area contributed by atoms with Crippen LogP contribution in [0.25, 0.3) is 0 Å². The van der Waals surface area contributed by atoms with E-state index in [1.807, 2.05) is 19.1 Å². The number of aromatic nitrogens is 2. The smallest absolute Gasteiger partial charge is 0.233 e. The largest absolute Gasteiger partial charge is 0.383 e. The molecule has 0 spiro atoms. The lowest BCUT2D eigenvalue weighted by molar-refractivity contribution is -0.133. The Morgan fingerprint density at radius 1 is 1.31 bits per heavy atom. The van der Waals surface area contributed by atoms with E-state index < -0.39 is 5.92 Å². The third-order valence-corrected chi connectivity index (χ3v) is 5.27. The summed E-state index contributed by atoms with van der Waals surface area (Å²) >= 11 is 12.3. The number of fused-ring (bicyclic) bond motifs is 1. The van der Waals surface area contributed by atoms with E-state index in [1.165, 1.54) is 0 Å². The maximum absolute atomic E-state index is 13.2. The number of hydrogen-bond acceptors (Lipinski definition) is 4. The van der Waals surface area contributed by atoms with Gasteiger partial charge in [-0.05, 0) is 24.6 Å². The van der Waals surface area contributed by atoms with Crippen molar-refractivity contribution in [1.29, 1.82) is 0 Å². The molecule has 0 N–H and O–H groups in total. The lowest BCUT2D eigenvalue weighted by Crippen LogP contribution is -2.44. The molecule has 0 saturated heterocycles. The van der Waals surface area contributed by atoms with Gasteiger partial charge in [0.2, 0.25) is 5.91 Å². The molecular formula is C18H20Cl2N4O2. The van der Waals surface area contributed by atoms with Crippen LogP contribution in [0.4, 0.5) is 5.82 Å². The van der Waals surface area contributed by atoms with Crippen LogP contribution in [0, 0.1) is 5.92 Å². The Labute approximate surface area is 162 Å². The molecule has 0 fully saturated rings. The second-order valence-corrected chi connectivity index (χ2v) is 7.05. The summed E-state index contributed by atoms with van der Waals surface area (Å²) < 4.78 is 6.85. The van der Waals surface area contributed by atoms with E-state index in [-0.39, 0.29) is 11.9 Å². The lowest BCUT2D eigenvalue weighted by atomic mass is 9.87. The first-order valence-electron chi connectivity index (χ1n) is 8.21. The summed E-state index contributed by atoms with van der Waals surface area (Å²) in [6.07, 6.45) is 1.68. The molecule has 1 aliphatic heterocycles. The summed E-state index contributed by atoms with van der Waals surface area (Å²) in [5.41, 5.74) is 1.60. The fourth-order valence-electron chi connectivity index (χ4n) is 3.15. The Morgan fingerprint density at radius 2 is 2.08 bits per heavy atom. The molecule has 0 bridgehead atoms. The van der Waals surface area contributed by atoms with Crippen molar-refractivity contribution in [2.75, 3.05) is 27.3 Å². The van der Waals surface area contributed by atoms with Gasteiger partial charge < -0.3 is 9.64 Å². The van der Waals surface area contributed by atoms with Crippen molar-refractivity contribution in [2.45, 2.75) is 13.0 Å². The van der Waals surface area contributed by atoms with Crippen molar-refractivity contribution >= 4 is 40.6 Å². The minimum atomic E-state index is -0.485. The van der Waals surface area contributed by atoms with Crippen molar-refractivity contribution in [3.05, 3.63) is 46.1 Å². The first-order chi connectivity index (χ1) is 12.4. The average molecular weight is 395 g/mol. The van der Waals surface area contributed by atoms with Gasteiger partial charge in [0.25, 0.3) is 0 Å². The fourth-order valence-corrected chi connectivity index (χ4v) is 3.46. The third kappa shape index (κ3) is 3.49. The molecule has 2 heterocycles. The third-order valence-electron chi connectivity index (χ3n) is 4.53. The summed E-state index contributed by atoms with van der Waals surface area (Å²) in [6, 6.07) is 6.87. The molecule has 138 valence electrons. The van der Waals surface area contributed by atoms with Gasteiger partial charge in [-0.2, -0.15) is 5.10 Å². The summed E-state index contributed by atoms with van der Waals surface area (Å²) in [5.74, 6) is 0.184. The van der Waals surface area contributed by atoms with Gasteiger partial charge in [0.15, 0.2) is 5.82 Å². The first-order valence-corrected chi connectivity index (χ1v) is 8.97. The van der Waals surface area contributed by atoms with E-state index in [0.717, 1.165) is 11.3 Å². The van der Waals surface area contributed by atoms with Crippen LogP contribution >= 0.6 is 23.2 Å². The number of amides is 1. The molecule has 0 radical (unpaired) electrons. The Balaban J connectivity index is 2.05. The van der Waals surface area contributed by atoms with E-state index in [4.69, 9.17) is 27.9 Å². The summed E-state index contributed by atoms with van der Waals surface area (Å²) in [4.78, 5) is 19.4. The van der Waals surface area contributed by atoms with E-state index >= 15 is 0 Å². The lowest BCUT2D eigenvalue weighted by Gasteiger charge is -2.33. The highest BCUT2D eigenvalue weighted by atomic mass is 35.5. The molecule has 26 heavy (non-hydrogen) atoms. The number of halogens is 2. The Hall–Kier alpha value is -1.89. The van der Waals surface area contributed by atoms with Crippen LogP contribution in [0.15, 0.2) is 35.5 Å². The van der Waals surface area contributed by atoms with Crippen molar-refractivity contribution in [1.82, 2.24) is 14.7 Å². The molecule has 8 heteroatoms. The Morgan fingerprint density at radius 3 is 2.77 bits per heavy atom. The van der Waals surface area contributed by atoms with Gasteiger partial charge in [-0.1, -0.05) is 29.3 Å². The van der Waals surface area contributed by atoms with Crippen LogP contribution in [0.3, 0.4) is 0 Å². The first kappa shape index (κ1) is 18.9. The molecule has 2 atom stereocenters. The van der Waals surface area contributed by atoms with Gasteiger partial charge in [-0.15, -0.1) is 0 Å². The van der Waals surface area contributed by atoms with Crippen LogP contribution in [0.2, 0.25) is 10.0 Å². The fraction of sp³-hybridized carbons (Fsp3) is 0.389. The maximum atomic E-state index is 13.2. The van der Waals surface area contributed by atoms with Gasteiger partial charge in [0.1, 0.15) is 5.92 Å². The second kappa shape index (κ2) is 7.78. The van der Waals surface area contributed by atoms with Gasteiger partial charge in [0, 0.05) is 32.5 Å². The number of methoxy groups -OCH3 is 1. The number of nitrogens with zero attached hydrogens (tertiary/aromatic N) is 4. The molecule has 6 nitrogen and oxygen atoms in total. The average Bonchev–Trinajstić information content (AvgIpc) is 3.08. The summed E-state index contributed by atoms with van der Waals surface area (Å²) in [5, 5.41) is 5.30. The van der Waals surface area contributed by atoms with Gasteiger partial charge in [0.05, 0.1) is 28.9 Å². The SMILES string of the molecule is COCCN(C)C(=O)C1C(C)=Nc2ccnn2C1c1ccc(Cl)c(Cl)c1. The predicted molar refractivity (Wildman–Crippen MR) is 103 cm³/mol. The maximum Gasteiger partial charge on any atom is 0.233 e. The van der Waals surface area contributed by atoms with Crippen LogP contribution < -0.4 is 0 Å². The van der Waals surface area contributed by atoms with Gasteiger partial charge in [-0.25, -0.2) is 9.67 Å². The van der Waals surface area contributed by atoms with Gasteiger partial charge in [-0.3, -0.25) is 4.79 Å². The Bertz CT molecular complexity index is 849. The highest BCUT2D eigenvalue weighted by Crippen LogP contribution is 2.38. The van der Waals surface area contributed by atoms with Crippen LogP contribution in [0.1, 0.15) is 18.5 Å². The van der Waals surface area contributed by atoms with E-state index in [0.29, 0.717) is 29.0 Å². The van der Waals surface area contributed by atoms with Crippen LogP contribution in [-0.2, 0) is 9.53 Å². The number of likely N-dealkylation sites (N-methyl/N-ethyl adjacent to an activating group) is 1. The normalized spacial score (nSPS) is 19.0. The molecule has 0 aliphatic carbocycles. The van der Waals surface area contributed by atoms with Crippen LogP contribution in [0.5, 0.6) is 0 Å². The zero-order valence-electron chi connectivity index (χ0n) is 14.8. The monoisotopic (exact) mass is 394 g/mol. The zero-order valence-corrected chi connectivity index (χ0v) is 16.3. The Kier molecular flexibility index (Phi) is 5.65. The number of hydrogen-bond donors (Lipinski definition) is 0. The number of benzene rings is 1. The van der Waals surface area contributed by atoms with E-state index in [2.05, 4.69) is 10.1 Å². The van der Waals surface area contributed by atoms with E-state index in [9.17, 15) is 4.79 Å². The molecule has 3 rings (SSSR count). The van der Waals surface area contributed by atoms with Crippen molar-refractivity contribution in [3.8, 4) is 0 Å². The minimum Gasteiger partial charge on any atom is -0.383 e. The molecule has 1 aliphatic rings. The molecular weight excluding hydrogens is 375 g/mol. The van der Waals surface area contributed by atoms with Crippen molar-refractivity contribution in [2.24, 2.45) is 10.9 Å². The van der Waals surface area contributed by atoms with Crippen molar-refractivity contribution < 1.29 is 9.53 Å². The van der Waals surface area contributed by atoms with Gasteiger partial charge >= 0.3 is 0 Å². The molecule has 2 unspecified atom stereocenters. The van der Waals surface area contributed by atoms with Crippen LogP contribution in [-0.4, -0.2) is 53.6 Å². The predicted octanol–water partition coefficient (Wildman–Crippen LogP) is 3.61. The zero-order chi connectivity index (χ0) is 18.8. The highest BCUT2D eigenvalue weighted by molar-refractivity contribution is 6.42. The van der Waals surface area contributed by atoms with E-state index in [1.54, 1.807) is 42.1 Å².